The highest BCUT2D eigenvalue weighted by molar-refractivity contribution is 5.89. The summed E-state index contributed by atoms with van der Waals surface area (Å²) in [6, 6.07) is 0. The van der Waals surface area contributed by atoms with Crippen LogP contribution in [0.4, 0.5) is 0 Å². The molecule has 0 heterocycles. The van der Waals surface area contributed by atoms with Crippen LogP contribution in [0.1, 0.15) is 71.1 Å². The molecule has 0 aromatic heterocycles. The fraction of sp³-hybridized carbons (Fsp3) is 0.810. The van der Waals surface area contributed by atoms with Crippen LogP contribution in [0.5, 0.6) is 0 Å². The molecular formula is C21H34O5. The molecule has 2 aliphatic carbocycles. The van der Waals surface area contributed by atoms with Crippen LogP contribution in [0, 0.1) is 11.8 Å². The monoisotopic (exact) mass is 366 g/mol. The van der Waals surface area contributed by atoms with Gasteiger partial charge in [-0.3, -0.25) is 9.59 Å². The van der Waals surface area contributed by atoms with Gasteiger partial charge in [-0.05, 0) is 44.1 Å². The van der Waals surface area contributed by atoms with Gasteiger partial charge in [0.25, 0.3) is 0 Å². The average molecular weight is 366 g/mol. The highest BCUT2D eigenvalue weighted by atomic mass is 16.5. The van der Waals surface area contributed by atoms with Crippen molar-refractivity contribution >= 4 is 11.8 Å². The Labute approximate surface area is 157 Å². The predicted molar refractivity (Wildman–Crippen MR) is 99.7 cm³/mol. The molecule has 0 spiro atoms. The number of fused-ring (bicyclic) bond motifs is 1. The van der Waals surface area contributed by atoms with Crippen LogP contribution in [-0.4, -0.2) is 42.3 Å². The summed E-state index contributed by atoms with van der Waals surface area (Å²) < 4.78 is 10.5. The number of ketones is 1. The minimum Gasteiger partial charge on any atom is -0.469 e. The first-order valence-electron chi connectivity index (χ1n) is 10.1. The van der Waals surface area contributed by atoms with Crippen molar-refractivity contribution in [2.45, 2.75) is 82.8 Å². The number of allylic oxidation sites excluding steroid dienone is 1. The van der Waals surface area contributed by atoms with E-state index in [0.29, 0.717) is 32.3 Å². The van der Waals surface area contributed by atoms with Crippen molar-refractivity contribution in [3.05, 3.63) is 12.2 Å². The van der Waals surface area contributed by atoms with Gasteiger partial charge < -0.3 is 14.6 Å². The van der Waals surface area contributed by atoms with E-state index in [-0.39, 0.29) is 29.7 Å². The number of rotatable bonds is 11. The number of ether oxygens (including phenoxy) is 2. The van der Waals surface area contributed by atoms with E-state index in [1.807, 2.05) is 6.08 Å². The van der Waals surface area contributed by atoms with Crippen LogP contribution >= 0.6 is 0 Å². The highest BCUT2D eigenvalue weighted by Gasteiger charge is 2.54. The summed E-state index contributed by atoms with van der Waals surface area (Å²) in [5.41, 5.74) is -0.743. The number of esters is 1. The van der Waals surface area contributed by atoms with Gasteiger partial charge in [-0.15, -0.1) is 0 Å². The number of carbonyl (C=O) groups excluding carboxylic acids is 2. The molecule has 0 aromatic carbocycles. The Bertz CT molecular complexity index is 501. The first-order chi connectivity index (χ1) is 12.5. The minimum atomic E-state index is -0.743. The first kappa shape index (κ1) is 21.1. The van der Waals surface area contributed by atoms with Gasteiger partial charge in [0.05, 0.1) is 18.8 Å². The Morgan fingerprint density at radius 2 is 2.00 bits per heavy atom. The molecule has 0 amide bonds. The van der Waals surface area contributed by atoms with Crippen molar-refractivity contribution in [3.8, 4) is 0 Å². The van der Waals surface area contributed by atoms with Gasteiger partial charge in [0.15, 0.2) is 5.78 Å². The predicted octanol–water partition coefficient (Wildman–Crippen LogP) is 3.58. The smallest absolute Gasteiger partial charge is 0.305 e. The Morgan fingerprint density at radius 3 is 2.73 bits per heavy atom. The molecule has 0 radical (unpaired) electrons. The summed E-state index contributed by atoms with van der Waals surface area (Å²) in [4.78, 5) is 23.1. The Balaban J connectivity index is 1.77. The molecule has 2 aliphatic rings. The van der Waals surface area contributed by atoms with E-state index in [1.54, 1.807) is 6.08 Å². The zero-order valence-corrected chi connectivity index (χ0v) is 16.2. The van der Waals surface area contributed by atoms with Crippen molar-refractivity contribution < 1.29 is 24.2 Å². The molecule has 4 atom stereocenters. The quantitative estimate of drug-likeness (QED) is 0.344. The fourth-order valence-corrected chi connectivity index (χ4v) is 4.40. The second-order valence-electron chi connectivity index (χ2n) is 7.77. The summed E-state index contributed by atoms with van der Waals surface area (Å²) in [7, 11) is 1.39. The SMILES string of the molecule is CCCCCC(=O)C=C[C@@H]1CC[C@@H]2C[C@@H](OCCCC(=O)OC)C[C@]21O. The number of carbonyl (C=O) groups is 2. The van der Waals surface area contributed by atoms with Crippen LogP contribution in [0.3, 0.4) is 0 Å². The second kappa shape index (κ2) is 10.2. The zero-order chi connectivity index (χ0) is 19.0. The zero-order valence-electron chi connectivity index (χ0n) is 16.2. The van der Waals surface area contributed by atoms with Crippen LogP contribution in [0.15, 0.2) is 12.2 Å². The Hall–Kier alpha value is -1.20. The van der Waals surface area contributed by atoms with E-state index in [4.69, 9.17) is 4.74 Å². The standard InChI is InChI=1S/C21H34O5/c1-3-4-5-7-18(22)12-11-16-9-10-17-14-19(15-21(16,17)24)26-13-6-8-20(23)25-2/h11-12,16-17,19,24H,3-10,13-15H2,1-2H3/t16-,17+,19+,21+/m0/s1. The molecule has 1 N–H and O–H groups in total. The van der Waals surface area contributed by atoms with Gasteiger partial charge in [-0.2, -0.15) is 0 Å². The third kappa shape index (κ3) is 5.65. The molecule has 0 saturated heterocycles. The van der Waals surface area contributed by atoms with Gasteiger partial charge in [0.1, 0.15) is 0 Å². The van der Waals surface area contributed by atoms with E-state index in [2.05, 4.69) is 11.7 Å². The molecule has 2 rings (SSSR count). The Morgan fingerprint density at radius 1 is 1.19 bits per heavy atom. The summed E-state index contributed by atoms with van der Waals surface area (Å²) >= 11 is 0. The summed E-state index contributed by atoms with van der Waals surface area (Å²) in [5.74, 6) is 0.243. The van der Waals surface area contributed by atoms with E-state index < -0.39 is 5.60 Å². The van der Waals surface area contributed by atoms with Crippen LogP contribution < -0.4 is 0 Å². The topological polar surface area (TPSA) is 72.8 Å². The van der Waals surface area contributed by atoms with Crippen LogP contribution in [-0.2, 0) is 19.1 Å². The van der Waals surface area contributed by atoms with Gasteiger partial charge in [-0.25, -0.2) is 0 Å². The largest absolute Gasteiger partial charge is 0.469 e. The fourth-order valence-electron chi connectivity index (χ4n) is 4.40. The summed E-state index contributed by atoms with van der Waals surface area (Å²) in [6.45, 7) is 2.64. The lowest BCUT2D eigenvalue weighted by Crippen LogP contribution is -2.35. The molecule has 5 nitrogen and oxygen atoms in total. The first-order valence-corrected chi connectivity index (χ1v) is 10.1. The van der Waals surface area contributed by atoms with E-state index in [1.165, 1.54) is 7.11 Å². The maximum absolute atomic E-state index is 12.0. The molecule has 0 bridgehead atoms. The van der Waals surface area contributed by atoms with Crippen molar-refractivity contribution in [3.63, 3.8) is 0 Å². The molecule has 2 fully saturated rings. The lowest BCUT2D eigenvalue weighted by molar-refractivity contribution is -0.141. The number of hydrogen-bond donors (Lipinski definition) is 1. The van der Waals surface area contributed by atoms with Gasteiger partial charge in [-0.1, -0.05) is 25.8 Å². The molecule has 0 aliphatic heterocycles. The molecule has 2 saturated carbocycles. The van der Waals surface area contributed by atoms with Crippen molar-refractivity contribution in [2.75, 3.05) is 13.7 Å². The lowest BCUT2D eigenvalue weighted by Gasteiger charge is -2.28. The van der Waals surface area contributed by atoms with Gasteiger partial charge in [0, 0.05) is 31.8 Å². The van der Waals surface area contributed by atoms with Crippen LogP contribution in [0.25, 0.3) is 0 Å². The minimum absolute atomic E-state index is 0.0408. The maximum atomic E-state index is 12.0. The normalized spacial score (nSPS) is 30.7. The van der Waals surface area contributed by atoms with Gasteiger partial charge >= 0.3 is 5.97 Å². The maximum Gasteiger partial charge on any atom is 0.305 e. The number of hydrogen-bond acceptors (Lipinski definition) is 5. The molecule has 26 heavy (non-hydrogen) atoms. The lowest BCUT2D eigenvalue weighted by atomic mass is 9.86. The van der Waals surface area contributed by atoms with Crippen molar-refractivity contribution in [1.82, 2.24) is 0 Å². The van der Waals surface area contributed by atoms with E-state index >= 15 is 0 Å². The Kier molecular flexibility index (Phi) is 8.29. The van der Waals surface area contributed by atoms with Gasteiger partial charge in [0.2, 0.25) is 0 Å². The number of methoxy groups -OCH3 is 1. The summed E-state index contributed by atoms with van der Waals surface area (Å²) in [5, 5.41) is 11.2. The number of aliphatic hydroxyl groups is 1. The molecular weight excluding hydrogens is 332 g/mol. The highest BCUT2D eigenvalue weighted by Crippen LogP contribution is 2.52. The second-order valence-corrected chi connectivity index (χ2v) is 7.77. The summed E-state index contributed by atoms with van der Waals surface area (Å²) in [6.07, 6.45) is 11.8. The van der Waals surface area contributed by atoms with E-state index in [9.17, 15) is 14.7 Å². The molecule has 0 aromatic rings. The van der Waals surface area contributed by atoms with Crippen molar-refractivity contribution in [1.29, 1.82) is 0 Å². The third-order valence-electron chi connectivity index (χ3n) is 5.92. The number of unbranched alkanes of at least 4 members (excludes halogenated alkanes) is 2. The van der Waals surface area contributed by atoms with E-state index in [0.717, 1.165) is 38.5 Å². The molecule has 5 heteroatoms. The third-order valence-corrected chi connectivity index (χ3v) is 5.92. The van der Waals surface area contributed by atoms with Crippen molar-refractivity contribution in [2.24, 2.45) is 11.8 Å². The average Bonchev–Trinajstić information content (AvgIpc) is 3.09. The van der Waals surface area contributed by atoms with Crippen LogP contribution in [0.2, 0.25) is 0 Å². The molecule has 0 unspecified atom stereocenters. The molecule has 148 valence electrons.